The van der Waals surface area contributed by atoms with Crippen molar-refractivity contribution < 1.29 is 19.4 Å². The number of carbonyl (C=O) groups excluding carboxylic acids is 1. The van der Waals surface area contributed by atoms with Crippen LogP contribution in [0.4, 0.5) is 0 Å². The van der Waals surface area contributed by atoms with E-state index < -0.39 is 5.97 Å². The van der Waals surface area contributed by atoms with E-state index in [1.165, 1.54) is 0 Å². The highest BCUT2D eigenvalue weighted by molar-refractivity contribution is 5.75. The third kappa shape index (κ3) is 10.1. The Bertz CT molecular complexity index is 243. The van der Waals surface area contributed by atoms with Gasteiger partial charge in [-0.1, -0.05) is 13.3 Å². The molecule has 5 heteroatoms. The maximum atomic E-state index is 11.4. The quantitative estimate of drug-likeness (QED) is 0.555. The first-order chi connectivity index (χ1) is 8.60. The number of aliphatic carboxylic acids is 1. The van der Waals surface area contributed by atoms with Crippen LogP contribution in [0.25, 0.3) is 0 Å². The second-order valence-electron chi connectivity index (χ2n) is 4.29. The average Bonchev–Trinajstić information content (AvgIpc) is 2.33. The topological polar surface area (TPSA) is 75.6 Å². The summed E-state index contributed by atoms with van der Waals surface area (Å²) in [6.45, 7) is 5.64. The Morgan fingerprint density at radius 2 is 1.94 bits per heavy atom. The van der Waals surface area contributed by atoms with Gasteiger partial charge < -0.3 is 15.2 Å². The number of carbonyl (C=O) groups is 2. The van der Waals surface area contributed by atoms with Crippen molar-refractivity contribution in [2.45, 2.75) is 46.0 Å². The van der Waals surface area contributed by atoms with Gasteiger partial charge in [0.25, 0.3) is 0 Å². The largest absolute Gasteiger partial charge is 0.481 e. The van der Waals surface area contributed by atoms with Crippen molar-refractivity contribution in [3.8, 4) is 0 Å². The summed E-state index contributed by atoms with van der Waals surface area (Å²) in [6.07, 6.45) is 3.06. The van der Waals surface area contributed by atoms with E-state index in [-0.39, 0.29) is 12.3 Å². The summed E-state index contributed by atoms with van der Waals surface area (Å²) < 4.78 is 5.09. The van der Waals surface area contributed by atoms with Crippen LogP contribution >= 0.6 is 0 Å². The second-order valence-corrected chi connectivity index (χ2v) is 4.29. The lowest BCUT2D eigenvalue weighted by molar-refractivity contribution is -0.137. The molecule has 0 aliphatic rings. The molecule has 0 rings (SSSR count). The van der Waals surface area contributed by atoms with Gasteiger partial charge in [-0.15, -0.1) is 0 Å². The SMILES string of the molecule is CCOCCC(=O)NCCC(CC)CCC(=O)O. The van der Waals surface area contributed by atoms with Gasteiger partial charge in [-0.3, -0.25) is 9.59 Å². The molecule has 2 N–H and O–H groups in total. The molecule has 1 unspecified atom stereocenters. The molecule has 0 aliphatic carbocycles. The number of hydrogen-bond acceptors (Lipinski definition) is 3. The minimum Gasteiger partial charge on any atom is -0.481 e. The Labute approximate surface area is 109 Å². The van der Waals surface area contributed by atoms with E-state index in [9.17, 15) is 9.59 Å². The van der Waals surface area contributed by atoms with Crippen molar-refractivity contribution >= 4 is 11.9 Å². The van der Waals surface area contributed by atoms with Crippen molar-refractivity contribution in [2.75, 3.05) is 19.8 Å². The summed E-state index contributed by atoms with van der Waals surface area (Å²) in [5.41, 5.74) is 0. The van der Waals surface area contributed by atoms with Crippen LogP contribution in [0.15, 0.2) is 0 Å². The molecule has 0 bridgehead atoms. The minimum absolute atomic E-state index is 0.00321. The summed E-state index contributed by atoms with van der Waals surface area (Å²) in [6, 6.07) is 0. The molecule has 1 atom stereocenters. The molecule has 18 heavy (non-hydrogen) atoms. The molecule has 0 aromatic carbocycles. The van der Waals surface area contributed by atoms with Crippen LogP contribution in [-0.2, 0) is 14.3 Å². The monoisotopic (exact) mass is 259 g/mol. The third-order valence-electron chi connectivity index (χ3n) is 2.90. The van der Waals surface area contributed by atoms with Gasteiger partial charge in [-0.2, -0.15) is 0 Å². The van der Waals surface area contributed by atoms with Crippen molar-refractivity contribution in [3.63, 3.8) is 0 Å². The lowest BCUT2D eigenvalue weighted by atomic mass is 9.96. The number of rotatable bonds is 11. The summed E-state index contributed by atoms with van der Waals surface area (Å²) in [4.78, 5) is 21.8. The number of carboxylic acid groups (broad SMARTS) is 1. The van der Waals surface area contributed by atoms with E-state index in [4.69, 9.17) is 9.84 Å². The van der Waals surface area contributed by atoms with Gasteiger partial charge in [0.2, 0.25) is 5.91 Å². The zero-order valence-corrected chi connectivity index (χ0v) is 11.4. The highest BCUT2D eigenvalue weighted by Gasteiger charge is 2.09. The van der Waals surface area contributed by atoms with Gasteiger partial charge in [-0.25, -0.2) is 0 Å². The fraction of sp³-hybridized carbons (Fsp3) is 0.846. The van der Waals surface area contributed by atoms with Gasteiger partial charge in [0.05, 0.1) is 6.61 Å². The number of ether oxygens (including phenoxy) is 1. The lowest BCUT2D eigenvalue weighted by Gasteiger charge is -2.14. The Kier molecular flexibility index (Phi) is 10.3. The van der Waals surface area contributed by atoms with Crippen molar-refractivity contribution in [3.05, 3.63) is 0 Å². The highest BCUT2D eigenvalue weighted by Crippen LogP contribution is 2.14. The van der Waals surface area contributed by atoms with Gasteiger partial charge >= 0.3 is 5.97 Å². The first-order valence-corrected chi connectivity index (χ1v) is 6.66. The molecule has 0 heterocycles. The predicted molar refractivity (Wildman–Crippen MR) is 69.4 cm³/mol. The molecule has 0 radical (unpaired) electrons. The fourth-order valence-electron chi connectivity index (χ4n) is 1.69. The summed E-state index contributed by atoms with van der Waals surface area (Å²) >= 11 is 0. The van der Waals surface area contributed by atoms with E-state index in [1.807, 2.05) is 13.8 Å². The zero-order valence-electron chi connectivity index (χ0n) is 11.4. The van der Waals surface area contributed by atoms with Crippen molar-refractivity contribution in [2.24, 2.45) is 5.92 Å². The Hall–Kier alpha value is -1.10. The minimum atomic E-state index is -0.755. The number of amides is 1. The summed E-state index contributed by atoms with van der Waals surface area (Å²) in [5.74, 6) is -0.390. The molecule has 1 amide bonds. The van der Waals surface area contributed by atoms with Crippen molar-refractivity contribution in [1.82, 2.24) is 5.32 Å². The molecule has 0 aromatic rings. The molecule has 0 fully saturated rings. The maximum absolute atomic E-state index is 11.4. The number of carboxylic acids is 1. The molecule has 0 saturated carbocycles. The van der Waals surface area contributed by atoms with E-state index in [0.717, 1.165) is 12.8 Å². The summed E-state index contributed by atoms with van der Waals surface area (Å²) in [7, 11) is 0. The third-order valence-corrected chi connectivity index (χ3v) is 2.90. The highest BCUT2D eigenvalue weighted by atomic mass is 16.5. The molecule has 106 valence electrons. The molecule has 0 saturated heterocycles. The van der Waals surface area contributed by atoms with Crippen LogP contribution in [-0.4, -0.2) is 36.7 Å². The van der Waals surface area contributed by atoms with Gasteiger partial charge in [-0.05, 0) is 25.7 Å². The van der Waals surface area contributed by atoms with Gasteiger partial charge in [0.15, 0.2) is 0 Å². The van der Waals surface area contributed by atoms with Crippen LogP contribution < -0.4 is 5.32 Å². The van der Waals surface area contributed by atoms with Crippen LogP contribution in [0, 0.1) is 5.92 Å². The van der Waals surface area contributed by atoms with E-state index in [0.29, 0.717) is 38.5 Å². The standard InChI is InChI=1S/C13H25NO4/c1-3-11(5-6-13(16)17)7-9-14-12(15)8-10-18-4-2/h11H,3-10H2,1-2H3,(H,14,15)(H,16,17). The predicted octanol–water partition coefficient (Wildman–Crippen LogP) is 1.81. The molecule has 0 spiro atoms. The zero-order chi connectivity index (χ0) is 13.8. The molecule has 0 aliphatic heterocycles. The fourth-order valence-corrected chi connectivity index (χ4v) is 1.69. The van der Waals surface area contributed by atoms with Gasteiger partial charge in [0, 0.05) is 26.0 Å². The second kappa shape index (κ2) is 11.0. The number of nitrogens with one attached hydrogen (secondary N) is 1. The van der Waals surface area contributed by atoms with Gasteiger partial charge in [0.1, 0.15) is 0 Å². The molecular formula is C13H25NO4. The summed E-state index contributed by atoms with van der Waals surface area (Å²) in [5, 5.41) is 11.4. The smallest absolute Gasteiger partial charge is 0.303 e. The average molecular weight is 259 g/mol. The molecular weight excluding hydrogens is 234 g/mol. The van der Waals surface area contributed by atoms with Crippen molar-refractivity contribution in [1.29, 1.82) is 0 Å². The lowest BCUT2D eigenvalue weighted by Crippen LogP contribution is -2.26. The molecule has 0 aromatic heterocycles. The van der Waals surface area contributed by atoms with Crippen LogP contribution in [0.1, 0.15) is 46.0 Å². The van der Waals surface area contributed by atoms with E-state index >= 15 is 0 Å². The Morgan fingerprint density at radius 1 is 1.22 bits per heavy atom. The van der Waals surface area contributed by atoms with Crippen LogP contribution in [0.3, 0.4) is 0 Å². The van der Waals surface area contributed by atoms with Crippen LogP contribution in [0.5, 0.6) is 0 Å². The van der Waals surface area contributed by atoms with E-state index in [1.54, 1.807) is 0 Å². The number of hydrogen-bond donors (Lipinski definition) is 2. The van der Waals surface area contributed by atoms with Crippen LogP contribution in [0.2, 0.25) is 0 Å². The first kappa shape index (κ1) is 16.9. The Balaban J connectivity index is 3.59. The van der Waals surface area contributed by atoms with E-state index in [2.05, 4.69) is 5.32 Å². The Morgan fingerprint density at radius 3 is 2.50 bits per heavy atom. The molecule has 5 nitrogen and oxygen atoms in total. The maximum Gasteiger partial charge on any atom is 0.303 e. The first-order valence-electron chi connectivity index (χ1n) is 6.66. The normalized spacial score (nSPS) is 12.1.